The fourth-order valence-electron chi connectivity index (χ4n) is 3.26. The summed E-state index contributed by atoms with van der Waals surface area (Å²) in [5.74, 6) is -0.0353. The molecule has 3 rings (SSSR count). The van der Waals surface area contributed by atoms with Crippen LogP contribution in [-0.2, 0) is 11.3 Å². The number of benzene rings is 3. The highest BCUT2D eigenvalue weighted by Gasteiger charge is 2.13. The van der Waals surface area contributed by atoms with E-state index in [1.54, 1.807) is 12.1 Å². The molecule has 7 heteroatoms. The molecule has 3 aromatic rings. The van der Waals surface area contributed by atoms with Crippen molar-refractivity contribution in [3.05, 3.63) is 71.8 Å². The number of hydrogen-bond acceptors (Lipinski definition) is 4. The molecular weight excluding hydrogens is 390 g/mol. The Bertz CT molecular complexity index is 1010. The second-order valence-electron chi connectivity index (χ2n) is 6.81. The second-order valence-corrected chi connectivity index (χ2v) is 6.81. The summed E-state index contributed by atoms with van der Waals surface area (Å²) in [4.78, 5) is 12.3. The fourth-order valence-corrected chi connectivity index (χ4v) is 3.26. The number of rotatable bonds is 9. The quantitative estimate of drug-likeness (QED) is 0.544. The van der Waals surface area contributed by atoms with E-state index in [9.17, 15) is 13.6 Å². The van der Waals surface area contributed by atoms with Crippen molar-refractivity contribution >= 4 is 16.7 Å². The van der Waals surface area contributed by atoms with Gasteiger partial charge in [0.25, 0.3) is 0 Å². The van der Waals surface area contributed by atoms with E-state index >= 15 is 0 Å². The Morgan fingerprint density at radius 2 is 1.80 bits per heavy atom. The Labute approximate surface area is 174 Å². The van der Waals surface area contributed by atoms with Crippen LogP contribution in [0.3, 0.4) is 0 Å². The van der Waals surface area contributed by atoms with Crippen molar-refractivity contribution in [1.82, 2.24) is 10.6 Å². The lowest BCUT2D eigenvalue weighted by atomic mass is 10.00. The normalized spacial score (nSPS) is 12.0. The zero-order chi connectivity index (χ0) is 21.5. The summed E-state index contributed by atoms with van der Waals surface area (Å²) < 4.78 is 34.3. The molecule has 0 aliphatic heterocycles. The molecule has 158 valence electrons. The second kappa shape index (κ2) is 10.0. The number of methoxy groups -OCH3 is 1. The fraction of sp³-hybridized carbons (Fsp3) is 0.261. The van der Waals surface area contributed by atoms with Gasteiger partial charge in [-0.15, -0.1) is 0 Å². The van der Waals surface area contributed by atoms with Crippen LogP contribution in [0.2, 0.25) is 0 Å². The van der Waals surface area contributed by atoms with Crippen LogP contribution in [0, 0.1) is 0 Å². The van der Waals surface area contributed by atoms with Gasteiger partial charge in [-0.25, -0.2) is 0 Å². The smallest absolute Gasteiger partial charge is 0.387 e. The standard InChI is InChI=1S/C23H24F2N2O3/c1-15(18-9-5-7-17-6-3-4-8-19(17)18)26-14-22(28)27-13-16-10-11-20(30-23(24)25)21(12-16)29-2/h3-12,15,23,26H,13-14H2,1-2H3,(H,27,28)/t15-/m0/s1. The highest BCUT2D eigenvalue weighted by molar-refractivity contribution is 5.86. The number of nitrogens with one attached hydrogen (secondary N) is 2. The average Bonchev–Trinajstić information content (AvgIpc) is 2.75. The molecule has 3 aromatic carbocycles. The van der Waals surface area contributed by atoms with Crippen molar-refractivity contribution in [2.45, 2.75) is 26.1 Å². The van der Waals surface area contributed by atoms with Gasteiger partial charge in [0.15, 0.2) is 11.5 Å². The molecule has 0 unspecified atom stereocenters. The highest BCUT2D eigenvalue weighted by Crippen LogP contribution is 2.29. The minimum atomic E-state index is -2.93. The van der Waals surface area contributed by atoms with Gasteiger partial charge in [-0.3, -0.25) is 4.79 Å². The number of carbonyl (C=O) groups is 1. The Hall–Kier alpha value is -3.19. The summed E-state index contributed by atoms with van der Waals surface area (Å²) in [5, 5.41) is 8.35. The molecule has 30 heavy (non-hydrogen) atoms. The van der Waals surface area contributed by atoms with Crippen LogP contribution in [0.5, 0.6) is 11.5 Å². The third kappa shape index (κ3) is 5.45. The molecule has 1 atom stereocenters. The molecule has 0 bridgehead atoms. The molecule has 0 aliphatic rings. The van der Waals surface area contributed by atoms with Gasteiger partial charge in [0.05, 0.1) is 13.7 Å². The molecule has 1 amide bonds. The number of hydrogen-bond donors (Lipinski definition) is 2. The topological polar surface area (TPSA) is 59.6 Å². The zero-order valence-corrected chi connectivity index (χ0v) is 16.8. The molecule has 0 heterocycles. The first-order valence-corrected chi connectivity index (χ1v) is 9.57. The molecule has 0 spiro atoms. The van der Waals surface area contributed by atoms with E-state index in [2.05, 4.69) is 33.6 Å². The maximum absolute atomic E-state index is 12.4. The summed E-state index contributed by atoms with van der Waals surface area (Å²) in [7, 11) is 1.37. The Balaban J connectivity index is 1.55. The molecule has 0 saturated heterocycles. The predicted octanol–water partition coefficient (Wildman–Crippen LogP) is 4.42. The lowest BCUT2D eigenvalue weighted by molar-refractivity contribution is -0.120. The van der Waals surface area contributed by atoms with Gasteiger partial charge >= 0.3 is 6.61 Å². The largest absolute Gasteiger partial charge is 0.493 e. The first kappa shape index (κ1) is 21.5. The molecule has 0 fully saturated rings. The summed E-state index contributed by atoms with van der Waals surface area (Å²) in [5.41, 5.74) is 1.84. The van der Waals surface area contributed by atoms with Crippen LogP contribution in [0.25, 0.3) is 10.8 Å². The minimum absolute atomic E-state index is 0.00674. The molecule has 0 saturated carbocycles. The van der Waals surface area contributed by atoms with E-state index in [-0.39, 0.29) is 36.5 Å². The summed E-state index contributed by atoms with van der Waals surface area (Å²) >= 11 is 0. The zero-order valence-electron chi connectivity index (χ0n) is 16.8. The molecule has 2 N–H and O–H groups in total. The first-order chi connectivity index (χ1) is 14.5. The van der Waals surface area contributed by atoms with Crippen molar-refractivity contribution in [1.29, 1.82) is 0 Å². The number of ether oxygens (including phenoxy) is 2. The van der Waals surface area contributed by atoms with Crippen molar-refractivity contribution < 1.29 is 23.0 Å². The van der Waals surface area contributed by atoms with E-state index in [0.29, 0.717) is 5.56 Å². The number of halogens is 2. The number of carbonyl (C=O) groups excluding carboxylic acids is 1. The van der Waals surface area contributed by atoms with Gasteiger partial charge in [0, 0.05) is 12.6 Å². The molecular formula is C23H24F2N2O3. The van der Waals surface area contributed by atoms with Crippen LogP contribution in [-0.4, -0.2) is 26.2 Å². The lowest BCUT2D eigenvalue weighted by Crippen LogP contribution is -2.34. The molecule has 0 radical (unpaired) electrons. The SMILES string of the molecule is COc1cc(CNC(=O)CN[C@@H](C)c2cccc3ccccc23)ccc1OC(F)F. The Morgan fingerprint density at radius 1 is 1.03 bits per heavy atom. The molecule has 0 aromatic heterocycles. The Morgan fingerprint density at radius 3 is 2.57 bits per heavy atom. The average molecular weight is 414 g/mol. The highest BCUT2D eigenvalue weighted by atomic mass is 19.3. The predicted molar refractivity (Wildman–Crippen MR) is 112 cm³/mol. The summed E-state index contributed by atoms with van der Waals surface area (Å²) in [6.45, 7) is -0.524. The molecule has 0 aliphatic carbocycles. The van der Waals surface area contributed by atoms with Gasteiger partial charge in [0.2, 0.25) is 5.91 Å². The van der Waals surface area contributed by atoms with E-state index in [1.165, 1.54) is 13.2 Å². The minimum Gasteiger partial charge on any atom is -0.493 e. The molecule has 5 nitrogen and oxygen atoms in total. The maximum Gasteiger partial charge on any atom is 0.387 e. The number of alkyl halides is 2. The summed E-state index contributed by atoms with van der Waals surface area (Å²) in [6.07, 6.45) is 0. The van der Waals surface area contributed by atoms with E-state index in [0.717, 1.165) is 16.3 Å². The van der Waals surface area contributed by atoms with E-state index in [1.807, 2.05) is 31.2 Å². The summed E-state index contributed by atoms with van der Waals surface area (Å²) in [6, 6.07) is 18.8. The number of fused-ring (bicyclic) bond motifs is 1. The maximum atomic E-state index is 12.4. The van der Waals surface area contributed by atoms with Gasteiger partial charge < -0.3 is 20.1 Å². The van der Waals surface area contributed by atoms with Crippen LogP contribution in [0.1, 0.15) is 24.1 Å². The third-order valence-electron chi connectivity index (χ3n) is 4.79. The van der Waals surface area contributed by atoms with Crippen LogP contribution in [0.4, 0.5) is 8.78 Å². The van der Waals surface area contributed by atoms with Gasteiger partial charge in [-0.1, -0.05) is 48.5 Å². The lowest BCUT2D eigenvalue weighted by Gasteiger charge is -2.17. The Kier molecular flexibility index (Phi) is 7.19. The van der Waals surface area contributed by atoms with Crippen LogP contribution in [0.15, 0.2) is 60.7 Å². The van der Waals surface area contributed by atoms with Crippen molar-refractivity contribution in [3.8, 4) is 11.5 Å². The number of amides is 1. The van der Waals surface area contributed by atoms with Crippen molar-refractivity contribution in [2.24, 2.45) is 0 Å². The van der Waals surface area contributed by atoms with Crippen molar-refractivity contribution in [3.63, 3.8) is 0 Å². The van der Waals surface area contributed by atoms with Gasteiger partial charge in [-0.2, -0.15) is 8.78 Å². The van der Waals surface area contributed by atoms with E-state index < -0.39 is 6.61 Å². The van der Waals surface area contributed by atoms with Crippen LogP contribution < -0.4 is 20.1 Å². The van der Waals surface area contributed by atoms with Crippen LogP contribution >= 0.6 is 0 Å². The van der Waals surface area contributed by atoms with Gasteiger partial charge in [0.1, 0.15) is 0 Å². The first-order valence-electron chi connectivity index (χ1n) is 9.57. The third-order valence-corrected chi connectivity index (χ3v) is 4.79. The van der Waals surface area contributed by atoms with Gasteiger partial charge in [-0.05, 0) is 41.0 Å². The van der Waals surface area contributed by atoms with Crippen molar-refractivity contribution in [2.75, 3.05) is 13.7 Å². The monoisotopic (exact) mass is 414 g/mol. The van der Waals surface area contributed by atoms with E-state index in [4.69, 9.17) is 4.74 Å².